The molecule has 104 valence electrons. The summed E-state index contributed by atoms with van der Waals surface area (Å²) < 4.78 is 17.0. The van der Waals surface area contributed by atoms with Crippen LogP contribution < -0.4 is 0 Å². The molecule has 20 heavy (non-hydrogen) atoms. The standard InChI is InChI=1S/C17H18O3/c1-17(19-13-15-10-6-3-7-11-15)16(20-17)18-12-14-8-4-2-5-9-14/h2-11,16H,12-13H2,1H3/t16-,17-/m0/s1. The average molecular weight is 270 g/mol. The molecule has 0 saturated carbocycles. The predicted octanol–water partition coefficient (Wildman–Crippen LogP) is 3.49. The Morgan fingerprint density at radius 3 is 2.05 bits per heavy atom. The van der Waals surface area contributed by atoms with Crippen LogP contribution in [0.5, 0.6) is 0 Å². The maximum atomic E-state index is 5.78. The molecule has 0 aromatic heterocycles. The molecule has 1 saturated heterocycles. The van der Waals surface area contributed by atoms with Gasteiger partial charge in [-0.3, -0.25) is 0 Å². The van der Waals surface area contributed by atoms with Gasteiger partial charge in [-0.1, -0.05) is 60.7 Å². The molecule has 2 atom stereocenters. The Balaban J connectivity index is 1.45. The fourth-order valence-corrected chi connectivity index (χ4v) is 2.01. The van der Waals surface area contributed by atoms with E-state index in [0.29, 0.717) is 13.2 Å². The lowest BCUT2D eigenvalue weighted by atomic mass is 10.2. The third kappa shape index (κ3) is 3.25. The SMILES string of the molecule is C[C@]1(OCc2ccccc2)O[C@@H]1OCc1ccccc1. The number of epoxide rings is 1. The number of ether oxygens (including phenoxy) is 3. The van der Waals surface area contributed by atoms with Crippen LogP contribution in [-0.2, 0) is 27.4 Å². The first kappa shape index (κ1) is 13.3. The minimum atomic E-state index is -0.620. The summed E-state index contributed by atoms with van der Waals surface area (Å²) in [5, 5.41) is 0. The predicted molar refractivity (Wildman–Crippen MR) is 75.7 cm³/mol. The fraction of sp³-hybridized carbons (Fsp3) is 0.294. The molecule has 0 unspecified atom stereocenters. The summed E-state index contributed by atoms with van der Waals surface area (Å²) in [6.45, 7) is 2.98. The van der Waals surface area contributed by atoms with Gasteiger partial charge < -0.3 is 14.2 Å². The number of benzene rings is 2. The topological polar surface area (TPSA) is 31.0 Å². The summed E-state index contributed by atoms with van der Waals surface area (Å²) in [7, 11) is 0. The number of hydrogen-bond acceptors (Lipinski definition) is 3. The van der Waals surface area contributed by atoms with E-state index in [4.69, 9.17) is 14.2 Å². The van der Waals surface area contributed by atoms with Crippen molar-refractivity contribution in [2.75, 3.05) is 0 Å². The van der Waals surface area contributed by atoms with Crippen molar-refractivity contribution in [1.29, 1.82) is 0 Å². The van der Waals surface area contributed by atoms with Crippen LogP contribution in [0.4, 0.5) is 0 Å². The molecular formula is C17H18O3. The zero-order valence-corrected chi connectivity index (χ0v) is 11.5. The second-order valence-electron chi connectivity index (χ2n) is 5.04. The van der Waals surface area contributed by atoms with Crippen molar-refractivity contribution in [2.45, 2.75) is 32.2 Å². The lowest BCUT2D eigenvalue weighted by Gasteiger charge is -2.09. The third-order valence-corrected chi connectivity index (χ3v) is 3.32. The maximum absolute atomic E-state index is 5.78. The zero-order chi connectivity index (χ0) is 13.8. The molecule has 3 nitrogen and oxygen atoms in total. The first-order valence-electron chi connectivity index (χ1n) is 6.77. The summed E-state index contributed by atoms with van der Waals surface area (Å²) in [5.74, 6) is -0.620. The molecule has 0 N–H and O–H groups in total. The van der Waals surface area contributed by atoms with Crippen LogP contribution in [0.15, 0.2) is 60.7 Å². The maximum Gasteiger partial charge on any atom is 0.220 e. The van der Waals surface area contributed by atoms with Crippen molar-refractivity contribution in [3.8, 4) is 0 Å². The van der Waals surface area contributed by atoms with Gasteiger partial charge in [0.1, 0.15) is 0 Å². The molecule has 1 fully saturated rings. The molecule has 0 bridgehead atoms. The van der Waals surface area contributed by atoms with Gasteiger partial charge >= 0.3 is 0 Å². The molecule has 2 aromatic carbocycles. The normalized spacial score (nSPS) is 24.6. The highest BCUT2D eigenvalue weighted by atomic mass is 16.9. The van der Waals surface area contributed by atoms with Crippen molar-refractivity contribution in [3.05, 3.63) is 71.8 Å². The van der Waals surface area contributed by atoms with Gasteiger partial charge in [-0.15, -0.1) is 0 Å². The van der Waals surface area contributed by atoms with Crippen LogP contribution >= 0.6 is 0 Å². The van der Waals surface area contributed by atoms with Gasteiger partial charge in [-0.05, 0) is 18.1 Å². The van der Waals surface area contributed by atoms with Gasteiger partial charge in [-0.2, -0.15) is 0 Å². The Kier molecular flexibility index (Phi) is 3.83. The molecule has 2 aromatic rings. The second kappa shape index (κ2) is 5.75. The van der Waals surface area contributed by atoms with Gasteiger partial charge in [0.25, 0.3) is 0 Å². The number of hydrogen-bond donors (Lipinski definition) is 0. The zero-order valence-electron chi connectivity index (χ0n) is 11.5. The van der Waals surface area contributed by atoms with E-state index in [9.17, 15) is 0 Å². The van der Waals surface area contributed by atoms with Crippen LogP contribution in [0.2, 0.25) is 0 Å². The molecule has 0 spiro atoms. The summed E-state index contributed by atoms with van der Waals surface area (Å²) >= 11 is 0. The lowest BCUT2D eigenvalue weighted by molar-refractivity contribution is -0.0457. The van der Waals surface area contributed by atoms with Gasteiger partial charge in [0.05, 0.1) is 13.2 Å². The highest BCUT2D eigenvalue weighted by molar-refractivity contribution is 5.14. The van der Waals surface area contributed by atoms with E-state index in [-0.39, 0.29) is 6.29 Å². The van der Waals surface area contributed by atoms with E-state index < -0.39 is 5.79 Å². The highest BCUT2D eigenvalue weighted by Gasteiger charge is 2.55. The van der Waals surface area contributed by atoms with Crippen molar-refractivity contribution in [2.24, 2.45) is 0 Å². The molecule has 1 aliphatic heterocycles. The van der Waals surface area contributed by atoms with Gasteiger partial charge in [0.2, 0.25) is 12.1 Å². The first-order chi connectivity index (χ1) is 9.76. The van der Waals surface area contributed by atoms with E-state index >= 15 is 0 Å². The smallest absolute Gasteiger partial charge is 0.220 e. The van der Waals surface area contributed by atoms with Crippen molar-refractivity contribution >= 4 is 0 Å². The quantitative estimate of drug-likeness (QED) is 0.753. The van der Waals surface area contributed by atoms with E-state index in [0.717, 1.165) is 11.1 Å². The molecule has 0 aliphatic carbocycles. The first-order valence-corrected chi connectivity index (χ1v) is 6.77. The third-order valence-electron chi connectivity index (χ3n) is 3.32. The van der Waals surface area contributed by atoms with Crippen molar-refractivity contribution in [1.82, 2.24) is 0 Å². The molecule has 1 heterocycles. The molecule has 1 aliphatic rings. The lowest BCUT2D eigenvalue weighted by Crippen LogP contribution is -2.16. The van der Waals surface area contributed by atoms with Crippen LogP contribution in [-0.4, -0.2) is 12.1 Å². The van der Waals surface area contributed by atoms with Gasteiger partial charge in [0.15, 0.2) is 0 Å². The van der Waals surface area contributed by atoms with E-state index in [1.54, 1.807) is 0 Å². The van der Waals surface area contributed by atoms with Gasteiger partial charge in [-0.25, -0.2) is 0 Å². The van der Waals surface area contributed by atoms with Crippen molar-refractivity contribution < 1.29 is 14.2 Å². The monoisotopic (exact) mass is 270 g/mol. The highest BCUT2D eigenvalue weighted by Crippen LogP contribution is 2.39. The van der Waals surface area contributed by atoms with Crippen LogP contribution in [0.25, 0.3) is 0 Å². The number of rotatable bonds is 6. The summed E-state index contributed by atoms with van der Waals surface area (Å²) in [5.41, 5.74) is 2.26. The molecule has 3 heteroatoms. The van der Waals surface area contributed by atoms with Crippen LogP contribution in [0.1, 0.15) is 18.1 Å². The van der Waals surface area contributed by atoms with Crippen molar-refractivity contribution in [3.63, 3.8) is 0 Å². The van der Waals surface area contributed by atoms with E-state index in [1.165, 1.54) is 0 Å². The molecule has 3 rings (SSSR count). The largest absolute Gasteiger partial charge is 0.343 e. The fourth-order valence-electron chi connectivity index (χ4n) is 2.01. The minimum absolute atomic E-state index is 0.286. The molecule has 0 amide bonds. The summed E-state index contributed by atoms with van der Waals surface area (Å²) in [6.07, 6.45) is -0.286. The molecular weight excluding hydrogens is 252 g/mol. The summed E-state index contributed by atoms with van der Waals surface area (Å²) in [6, 6.07) is 20.1. The van der Waals surface area contributed by atoms with Gasteiger partial charge in [0, 0.05) is 0 Å². The Morgan fingerprint density at radius 1 is 0.900 bits per heavy atom. The minimum Gasteiger partial charge on any atom is -0.343 e. The van der Waals surface area contributed by atoms with E-state index in [2.05, 4.69) is 0 Å². The van der Waals surface area contributed by atoms with Crippen LogP contribution in [0.3, 0.4) is 0 Å². The van der Waals surface area contributed by atoms with E-state index in [1.807, 2.05) is 67.6 Å². The molecule has 0 radical (unpaired) electrons. The Morgan fingerprint density at radius 2 is 1.45 bits per heavy atom. The Bertz CT molecular complexity index is 541. The average Bonchev–Trinajstić information content (AvgIpc) is 3.16. The van der Waals surface area contributed by atoms with Crippen LogP contribution in [0, 0.1) is 0 Å². The second-order valence-corrected chi connectivity index (χ2v) is 5.04. The summed E-state index contributed by atoms with van der Waals surface area (Å²) in [4.78, 5) is 0. The Hall–Kier alpha value is -1.68. The Labute approximate surface area is 119 Å².